The molecule has 1 amide bonds. The van der Waals surface area contributed by atoms with Gasteiger partial charge in [-0.15, -0.1) is 22.0 Å². The Hall–Kier alpha value is -3.22. The smallest absolute Gasteiger partial charge is 0.337 e. The number of carbonyl (C=O) groups excluding carboxylic acids is 1. The molecule has 0 saturated heterocycles. The monoisotopic (exact) mass is 384 g/mol. The third-order valence-corrected chi connectivity index (χ3v) is 4.16. The first-order valence-corrected chi connectivity index (χ1v) is 8.85. The van der Waals surface area contributed by atoms with E-state index in [1.807, 2.05) is 18.2 Å². The lowest BCUT2D eigenvalue weighted by Gasteiger charge is -2.08. The highest BCUT2D eigenvalue weighted by molar-refractivity contribution is 7.99. The summed E-state index contributed by atoms with van der Waals surface area (Å²) in [6.07, 6.45) is 4.36. The summed E-state index contributed by atoms with van der Waals surface area (Å²) in [5.74, 6) is -1.20. The molecule has 0 unspecified atom stereocenters. The van der Waals surface area contributed by atoms with Gasteiger partial charge in [0.15, 0.2) is 5.69 Å². The highest BCUT2D eigenvalue weighted by Crippen LogP contribution is 2.19. The van der Waals surface area contributed by atoms with Crippen LogP contribution in [0, 0.1) is 11.3 Å². The van der Waals surface area contributed by atoms with E-state index < -0.39 is 11.9 Å². The number of carbonyl (C=O) groups is 2. The lowest BCUT2D eigenvalue weighted by atomic mass is 10.1. The van der Waals surface area contributed by atoms with Crippen LogP contribution in [0.2, 0.25) is 0 Å². The van der Waals surface area contributed by atoms with Crippen LogP contribution in [0.25, 0.3) is 0 Å². The normalized spacial score (nSPS) is 10.5. The molecule has 1 heterocycles. The van der Waals surface area contributed by atoms with Crippen molar-refractivity contribution in [1.82, 2.24) is 10.2 Å². The minimum Gasteiger partial charge on any atom is -0.478 e. The zero-order chi connectivity index (χ0) is 19.6. The average molecular weight is 384 g/mol. The molecule has 2 aromatic rings. The Labute approximate surface area is 159 Å². The van der Waals surface area contributed by atoms with Crippen LogP contribution in [0.15, 0.2) is 47.5 Å². The van der Waals surface area contributed by atoms with Gasteiger partial charge in [0, 0.05) is 12.4 Å². The van der Waals surface area contributed by atoms with E-state index in [1.54, 1.807) is 6.07 Å². The van der Waals surface area contributed by atoms with Crippen LogP contribution >= 0.6 is 11.8 Å². The minimum absolute atomic E-state index is 0.0378. The van der Waals surface area contributed by atoms with Crippen molar-refractivity contribution in [3.63, 3.8) is 0 Å². The lowest BCUT2D eigenvalue weighted by molar-refractivity contribution is 0.0698. The summed E-state index contributed by atoms with van der Waals surface area (Å²) in [5.41, 5.74) is 0.105. The van der Waals surface area contributed by atoms with Crippen LogP contribution in [-0.4, -0.2) is 44.6 Å². The number of nitrogens with one attached hydrogen (secondary N) is 1. The number of nitrogens with zero attached hydrogens (tertiary/aromatic N) is 3. The van der Waals surface area contributed by atoms with Gasteiger partial charge in [0.1, 0.15) is 5.03 Å². The third kappa shape index (κ3) is 5.91. The second-order valence-electron chi connectivity index (χ2n) is 5.18. The number of hydrogen-bond donors (Lipinski definition) is 3. The number of aromatic nitrogens is 2. The van der Waals surface area contributed by atoms with E-state index in [1.165, 1.54) is 36.0 Å². The number of carboxylic acids is 1. The molecule has 0 bridgehead atoms. The maximum atomic E-state index is 12.3. The third-order valence-electron chi connectivity index (χ3n) is 3.29. The van der Waals surface area contributed by atoms with Gasteiger partial charge in [0.25, 0.3) is 5.91 Å². The second kappa shape index (κ2) is 10.1. The summed E-state index contributed by atoms with van der Waals surface area (Å²) < 4.78 is 0. The number of thioether (sulfide) groups is 1. The number of benzene rings is 1. The highest BCUT2D eigenvalue weighted by Gasteiger charge is 2.15. The summed E-state index contributed by atoms with van der Waals surface area (Å²) in [7, 11) is 0. The molecule has 3 N–H and O–H groups in total. The number of aromatic carboxylic acids is 1. The largest absolute Gasteiger partial charge is 0.478 e. The van der Waals surface area contributed by atoms with Crippen LogP contribution < -0.4 is 5.32 Å². The fourth-order valence-corrected chi connectivity index (χ4v) is 2.66. The van der Waals surface area contributed by atoms with E-state index in [-0.39, 0.29) is 29.1 Å². The Morgan fingerprint density at radius 3 is 2.67 bits per heavy atom. The number of rotatable bonds is 8. The number of aliphatic hydroxyl groups excluding tert-OH is 1. The van der Waals surface area contributed by atoms with Gasteiger partial charge in [-0.3, -0.25) is 4.79 Å². The molecule has 2 rings (SSSR count). The fraction of sp³-hybridized carbons (Fsp3) is 0.167. The van der Waals surface area contributed by atoms with E-state index in [2.05, 4.69) is 15.5 Å². The SMILES string of the molecule is N#Cc1ccc(NC(=O)c2ccc(SC/C=C/CCO)nn2)c(C(=O)O)c1. The Morgan fingerprint density at radius 1 is 1.22 bits per heavy atom. The van der Waals surface area contributed by atoms with Gasteiger partial charge < -0.3 is 15.5 Å². The summed E-state index contributed by atoms with van der Waals surface area (Å²) in [4.78, 5) is 23.6. The van der Waals surface area contributed by atoms with Crippen LogP contribution in [0.3, 0.4) is 0 Å². The van der Waals surface area contributed by atoms with Crippen molar-refractivity contribution in [2.45, 2.75) is 11.4 Å². The van der Waals surface area contributed by atoms with Crippen molar-refractivity contribution in [2.24, 2.45) is 0 Å². The van der Waals surface area contributed by atoms with Crippen molar-refractivity contribution in [3.05, 3.63) is 59.3 Å². The molecule has 27 heavy (non-hydrogen) atoms. The fourth-order valence-electron chi connectivity index (χ4n) is 2.00. The van der Waals surface area contributed by atoms with Crippen molar-refractivity contribution in [1.29, 1.82) is 5.26 Å². The number of amides is 1. The summed E-state index contributed by atoms with van der Waals surface area (Å²) >= 11 is 1.42. The van der Waals surface area contributed by atoms with E-state index in [0.717, 1.165) is 0 Å². The van der Waals surface area contributed by atoms with Crippen LogP contribution in [0.5, 0.6) is 0 Å². The molecule has 1 aromatic heterocycles. The number of aliphatic hydroxyl groups is 1. The molecule has 0 aliphatic heterocycles. The van der Waals surface area contributed by atoms with Gasteiger partial charge in [-0.25, -0.2) is 4.79 Å². The Bertz CT molecular complexity index is 891. The number of nitriles is 1. The van der Waals surface area contributed by atoms with Crippen molar-refractivity contribution >= 4 is 29.3 Å². The quantitative estimate of drug-likeness (QED) is 0.466. The summed E-state index contributed by atoms with van der Waals surface area (Å²) in [6, 6.07) is 8.95. The summed E-state index contributed by atoms with van der Waals surface area (Å²) in [6.45, 7) is 0.105. The summed E-state index contributed by atoms with van der Waals surface area (Å²) in [5, 5.41) is 37.7. The van der Waals surface area contributed by atoms with E-state index in [4.69, 9.17) is 10.4 Å². The molecule has 0 aliphatic rings. The Kier molecular flexibility index (Phi) is 7.49. The molecular formula is C18H16N4O4S. The predicted molar refractivity (Wildman–Crippen MR) is 99.7 cm³/mol. The molecule has 0 spiro atoms. The molecule has 138 valence electrons. The van der Waals surface area contributed by atoms with Crippen LogP contribution in [0.1, 0.15) is 32.8 Å². The maximum Gasteiger partial charge on any atom is 0.337 e. The lowest BCUT2D eigenvalue weighted by Crippen LogP contribution is -2.16. The van der Waals surface area contributed by atoms with E-state index >= 15 is 0 Å². The molecule has 9 heteroatoms. The van der Waals surface area contributed by atoms with Crippen molar-refractivity contribution in [3.8, 4) is 6.07 Å². The first-order valence-electron chi connectivity index (χ1n) is 7.86. The van der Waals surface area contributed by atoms with Crippen LogP contribution in [-0.2, 0) is 0 Å². The maximum absolute atomic E-state index is 12.3. The van der Waals surface area contributed by atoms with E-state index in [9.17, 15) is 14.7 Å². The van der Waals surface area contributed by atoms with Gasteiger partial charge in [-0.05, 0) is 36.8 Å². The van der Waals surface area contributed by atoms with Crippen molar-refractivity contribution < 1.29 is 19.8 Å². The van der Waals surface area contributed by atoms with Gasteiger partial charge in [0.05, 0.1) is 22.9 Å². The molecule has 0 saturated carbocycles. The zero-order valence-corrected chi connectivity index (χ0v) is 14.9. The first kappa shape index (κ1) is 20.1. The number of carboxylic acid groups (broad SMARTS) is 1. The van der Waals surface area contributed by atoms with E-state index in [0.29, 0.717) is 17.2 Å². The molecule has 1 aromatic carbocycles. The number of hydrogen-bond acceptors (Lipinski definition) is 7. The predicted octanol–water partition coefficient (Wildman–Crippen LogP) is 2.33. The Balaban J connectivity index is 2.04. The Morgan fingerprint density at radius 2 is 2.04 bits per heavy atom. The minimum atomic E-state index is -1.26. The molecular weight excluding hydrogens is 368 g/mol. The number of anilines is 1. The molecule has 8 nitrogen and oxygen atoms in total. The molecule has 0 atom stereocenters. The molecule has 0 fully saturated rings. The zero-order valence-electron chi connectivity index (χ0n) is 14.1. The average Bonchev–Trinajstić information content (AvgIpc) is 2.68. The standard InChI is InChI=1S/C18H16N4O4S/c19-11-12-4-5-14(13(10-12)18(25)26)20-17(24)15-6-7-16(22-21-15)27-9-3-1-2-8-23/h1,3-7,10,23H,2,8-9H2,(H,20,24)(H,25,26)/b3-1+. The molecule has 0 aliphatic carbocycles. The first-order chi connectivity index (χ1) is 13.0. The van der Waals surface area contributed by atoms with Gasteiger partial charge in [0.2, 0.25) is 0 Å². The van der Waals surface area contributed by atoms with Gasteiger partial charge in [-0.1, -0.05) is 12.2 Å². The van der Waals surface area contributed by atoms with Gasteiger partial charge in [-0.2, -0.15) is 5.26 Å². The second-order valence-corrected chi connectivity index (χ2v) is 6.22. The van der Waals surface area contributed by atoms with Crippen LogP contribution in [0.4, 0.5) is 5.69 Å². The van der Waals surface area contributed by atoms with Crippen molar-refractivity contribution in [2.75, 3.05) is 17.7 Å². The highest BCUT2D eigenvalue weighted by atomic mass is 32.2. The van der Waals surface area contributed by atoms with Gasteiger partial charge >= 0.3 is 5.97 Å². The molecule has 0 radical (unpaired) electrons. The topological polar surface area (TPSA) is 136 Å².